The van der Waals surface area contributed by atoms with Gasteiger partial charge in [-0.1, -0.05) is 18.1 Å². The van der Waals surface area contributed by atoms with Gasteiger partial charge < -0.3 is 9.42 Å². The molecule has 1 amide bonds. The molecule has 3 heterocycles. The van der Waals surface area contributed by atoms with E-state index in [2.05, 4.69) is 17.0 Å². The molecule has 0 spiro atoms. The van der Waals surface area contributed by atoms with Gasteiger partial charge in [-0.05, 0) is 50.0 Å². The maximum atomic E-state index is 13.2. The standard InChI is InChI=1S/C18H22N2O2S/c1-2-13-6-3-4-10-20(13)17(21)18(8-9-18)16-12-14(22-19-16)15-7-5-11-23-15/h5,7,11-13H,2-4,6,8-10H2,1H3. The monoisotopic (exact) mass is 330 g/mol. The predicted octanol–water partition coefficient (Wildman–Crippen LogP) is 4.23. The highest BCUT2D eigenvalue weighted by atomic mass is 32.1. The first-order valence-corrected chi connectivity index (χ1v) is 9.45. The van der Waals surface area contributed by atoms with Crippen molar-refractivity contribution in [3.63, 3.8) is 0 Å². The molecule has 1 aliphatic carbocycles. The highest BCUT2D eigenvalue weighted by molar-refractivity contribution is 7.13. The van der Waals surface area contributed by atoms with Crippen LogP contribution in [-0.4, -0.2) is 28.6 Å². The highest BCUT2D eigenvalue weighted by Gasteiger charge is 2.56. The molecular formula is C18H22N2O2S. The second-order valence-corrected chi connectivity index (χ2v) is 7.64. The Balaban J connectivity index is 1.59. The molecule has 2 fully saturated rings. The molecule has 4 nitrogen and oxygen atoms in total. The van der Waals surface area contributed by atoms with E-state index < -0.39 is 5.41 Å². The van der Waals surface area contributed by atoms with Crippen LogP contribution in [0.4, 0.5) is 0 Å². The molecule has 0 N–H and O–H groups in total. The molecule has 1 unspecified atom stereocenters. The number of likely N-dealkylation sites (tertiary alicyclic amines) is 1. The van der Waals surface area contributed by atoms with Gasteiger partial charge in [-0.25, -0.2) is 0 Å². The molecule has 1 saturated heterocycles. The lowest BCUT2D eigenvalue weighted by molar-refractivity contribution is -0.138. The maximum absolute atomic E-state index is 13.2. The first kappa shape index (κ1) is 14.9. The van der Waals surface area contributed by atoms with E-state index in [1.807, 2.05) is 23.6 Å². The van der Waals surface area contributed by atoms with Gasteiger partial charge in [0.15, 0.2) is 5.76 Å². The van der Waals surface area contributed by atoms with Crippen LogP contribution < -0.4 is 0 Å². The Labute approximate surface area is 140 Å². The van der Waals surface area contributed by atoms with Crippen LogP contribution in [0.5, 0.6) is 0 Å². The van der Waals surface area contributed by atoms with E-state index in [4.69, 9.17) is 4.52 Å². The average Bonchev–Trinajstić information content (AvgIpc) is 3.03. The number of nitrogens with zero attached hydrogens (tertiary/aromatic N) is 2. The maximum Gasteiger partial charge on any atom is 0.235 e. The average molecular weight is 330 g/mol. The van der Waals surface area contributed by atoms with Crippen LogP contribution in [0.15, 0.2) is 28.1 Å². The summed E-state index contributed by atoms with van der Waals surface area (Å²) in [6.45, 7) is 3.08. The Morgan fingerprint density at radius 2 is 2.35 bits per heavy atom. The fourth-order valence-electron chi connectivity index (χ4n) is 3.71. The number of hydrogen-bond donors (Lipinski definition) is 0. The van der Waals surface area contributed by atoms with Crippen molar-refractivity contribution in [2.75, 3.05) is 6.54 Å². The predicted molar refractivity (Wildman–Crippen MR) is 90.4 cm³/mol. The Hall–Kier alpha value is -1.62. The van der Waals surface area contributed by atoms with Gasteiger partial charge in [0.25, 0.3) is 0 Å². The minimum absolute atomic E-state index is 0.273. The minimum atomic E-state index is -0.413. The number of hydrogen-bond acceptors (Lipinski definition) is 4. The number of aromatic nitrogens is 1. The molecule has 122 valence electrons. The van der Waals surface area contributed by atoms with E-state index in [9.17, 15) is 4.79 Å². The van der Waals surface area contributed by atoms with Crippen molar-refractivity contribution < 1.29 is 9.32 Å². The first-order chi connectivity index (χ1) is 11.2. The molecule has 2 aromatic rings. The number of piperidine rings is 1. The molecule has 5 heteroatoms. The van der Waals surface area contributed by atoms with Gasteiger partial charge in [-0.3, -0.25) is 4.79 Å². The van der Waals surface area contributed by atoms with Crippen LogP contribution in [0, 0.1) is 0 Å². The summed E-state index contributed by atoms with van der Waals surface area (Å²) in [6.07, 6.45) is 6.34. The summed E-state index contributed by atoms with van der Waals surface area (Å²) < 4.78 is 5.52. The fourth-order valence-corrected chi connectivity index (χ4v) is 4.38. The summed E-state index contributed by atoms with van der Waals surface area (Å²) in [5, 5.41) is 6.28. The van der Waals surface area contributed by atoms with Crippen LogP contribution in [0.25, 0.3) is 10.6 Å². The second kappa shape index (κ2) is 5.78. The van der Waals surface area contributed by atoms with Crippen LogP contribution in [-0.2, 0) is 10.2 Å². The molecule has 2 aliphatic rings. The van der Waals surface area contributed by atoms with Crippen molar-refractivity contribution in [2.24, 2.45) is 0 Å². The SMILES string of the molecule is CCC1CCCCN1C(=O)C1(c2cc(-c3cccs3)on2)CC1. The van der Waals surface area contributed by atoms with Crippen molar-refractivity contribution in [2.45, 2.75) is 56.9 Å². The van der Waals surface area contributed by atoms with Gasteiger partial charge in [0, 0.05) is 18.7 Å². The van der Waals surface area contributed by atoms with Crippen LogP contribution in [0.2, 0.25) is 0 Å². The molecule has 4 rings (SSSR count). The van der Waals surface area contributed by atoms with Crippen LogP contribution in [0.3, 0.4) is 0 Å². The van der Waals surface area contributed by atoms with Crippen molar-refractivity contribution in [1.29, 1.82) is 0 Å². The Kier molecular flexibility index (Phi) is 3.76. The normalized spacial score (nSPS) is 23.0. The van der Waals surface area contributed by atoms with Gasteiger partial charge in [-0.15, -0.1) is 11.3 Å². The minimum Gasteiger partial charge on any atom is -0.355 e. The van der Waals surface area contributed by atoms with Gasteiger partial charge in [-0.2, -0.15) is 0 Å². The van der Waals surface area contributed by atoms with Gasteiger partial charge in [0.2, 0.25) is 5.91 Å². The van der Waals surface area contributed by atoms with E-state index in [0.717, 1.165) is 55.0 Å². The number of amides is 1. The van der Waals surface area contributed by atoms with Crippen molar-refractivity contribution >= 4 is 17.2 Å². The molecule has 1 aliphatic heterocycles. The summed E-state index contributed by atoms with van der Waals surface area (Å²) in [7, 11) is 0. The number of carbonyl (C=O) groups excluding carboxylic acids is 1. The molecular weight excluding hydrogens is 308 g/mol. The third-order valence-electron chi connectivity index (χ3n) is 5.28. The highest BCUT2D eigenvalue weighted by Crippen LogP contribution is 2.50. The first-order valence-electron chi connectivity index (χ1n) is 8.57. The molecule has 1 atom stereocenters. The lowest BCUT2D eigenvalue weighted by Gasteiger charge is -2.37. The zero-order valence-electron chi connectivity index (χ0n) is 13.5. The van der Waals surface area contributed by atoms with Gasteiger partial charge in [0.05, 0.1) is 16.0 Å². The third kappa shape index (κ3) is 2.51. The molecule has 0 aromatic carbocycles. The Morgan fingerprint density at radius 1 is 1.48 bits per heavy atom. The van der Waals surface area contributed by atoms with Gasteiger partial charge >= 0.3 is 0 Å². The van der Waals surface area contributed by atoms with E-state index in [1.165, 1.54) is 6.42 Å². The Bertz CT molecular complexity index is 688. The van der Waals surface area contributed by atoms with E-state index in [1.54, 1.807) is 11.3 Å². The second-order valence-electron chi connectivity index (χ2n) is 6.69. The fraction of sp³-hybridized carbons (Fsp3) is 0.556. The Morgan fingerprint density at radius 3 is 3.04 bits per heavy atom. The van der Waals surface area contributed by atoms with Crippen molar-refractivity contribution in [3.05, 3.63) is 29.3 Å². The lowest BCUT2D eigenvalue weighted by atomic mass is 9.94. The topological polar surface area (TPSA) is 46.3 Å². The number of thiophene rings is 1. The summed E-state index contributed by atoms with van der Waals surface area (Å²) >= 11 is 1.63. The summed E-state index contributed by atoms with van der Waals surface area (Å²) in [5.74, 6) is 1.05. The quantitative estimate of drug-likeness (QED) is 0.843. The van der Waals surface area contributed by atoms with E-state index in [0.29, 0.717) is 6.04 Å². The van der Waals surface area contributed by atoms with Crippen molar-refractivity contribution in [3.8, 4) is 10.6 Å². The van der Waals surface area contributed by atoms with Crippen molar-refractivity contribution in [1.82, 2.24) is 10.1 Å². The molecule has 1 saturated carbocycles. The molecule has 0 bridgehead atoms. The van der Waals surface area contributed by atoms with Gasteiger partial charge in [0.1, 0.15) is 0 Å². The number of rotatable bonds is 4. The molecule has 2 aromatic heterocycles. The third-order valence-corrected chi connectivity index (χ3v) is 6.17. The van der Waals surface area contributed by atoms with Crippen LogP contribution >= 0.6 is 11.3 Å². The van der Waals surface area contributed by atoms with E-state index >= 15 is 0 Å². The summed E-state index contributed by atoms with van der Waals surface area (Å²) in [4.78, 5) is 16.4. The molecule has 23 heavy (non-hydrogen) atoms. The van der Waals surface area contributed by atoms with Crippen LogP contribution in [0.1, 0.15) is 51.1 Å². The van der Waals surface area contributed by atoms with E-state index in [-0.39, 0.29) is 5.91 Å². The largest absolute Gasteiger partial charge is 0.355 e. The zero-order valence-corrected chi connectivity index (χ0v) is 14.3. The molecule has 0 radical (unpaired) electrons. The summed E-state index contributed by atoms with van der Waals surface area (Å²) in [5.41, 5.74) is 0.412. The smallest absolute Gasteiger partial charge is 0.235 e. The lowest BCUT2D eigenvalue weighted by Crippen LogP contribution is -2.48. The zero-order chi connectivity index (χ0) is 15.9. The number of carbonyl (C=O) groups is 1. The summed E-state index contributed by atoms with van der Waals surface area (Å²) in [6, 6.07) is 6.40.